The molecule has 0 radical (unpaired) electrons. The van der Waals surface area contributed by atoms with Gasteiger partial charge in [-0.05, 0) is 36.4 Å². The Hall–Kier alpha value is -1.98. The van der Waals surface area contributed by atoms with Crippen molar-refractivity contribution in [1.82, 2.24) is 0 Å². The molecule has 0 aliphatic rings. The van der Waals surface area contributed by atoms with Crippen molar-refractivity contribution in [2.75, 3.05) is 4.90 Å². The van der Waals surface area contributed by atoms with Crippen LogP contribution in [-0.2, 0) is 0 Å². The maximum Gasteiger partial charge on any atom is 0.0461 e. The van der Waals surface area contributed by atoms with E-state index in [9.17, 15) is 0 Å². The zero-order valence-corrected chi connectivity index (χ0v) is 14.3. The molecule has 0 heterocycles. The monoisotopic (exact) mass is 323 g/mol. The first-order valence-corrected chi connectivity index (χ1v) is 6.40. The number of benzene rings is 3. The van der Waals surface area contributed by atoms with Crippen LogP contribution in [0.5, 0.6) is 0 Å². The van der Waals surface area contributed by atoms with Crippen LogP contribution >= 0.6 is 0 Å². The van der Waals surface area contributed by atoms with E-state index >= 15 is 0 Å². The molecule has 0 fully saturated rings. The van der Waals surface area contributed by atoms with Crippen LogP contribution in [0.25, 0.3) is 0 Å². The topological polar surface area (TPSA) is 3.24 Å². The quantitative estimate of drug-likeness (QED) is 0.659. The van der Waals surface area contributed by atoms with Gasteiger partial charge in [0.15, 0.2) is 0 Å². The van der Waals surface area contributed by atoms with Crippen molar-refractivity contribution in [3.8, 4) is 0 Å². The van der Waals surface area contributed by atoms with Crippen molar-refractivity contribution < 1.29 is 0 Å². The first-order valence-electron chi connectivity index (χ1n) is 6.40. The van der Waals surface area contributed by atoms with Gasteiger partial charge in [-0.15, -0.1) is 0 Å². The second kappa shape index (κ2) is 6.98. The van der Waals surface area contributed by atoms with Crippen LogP contribution in [0.2, 0.25) is 0 Å². The third kappa shape index (κ3) is 3.12. The number of nitrogens with zero attached hydrogens (tertiary/aromatic N) is 1. The molecular formula is C18H18AsN. The van der Waals surface area contributed by atoms with Crippen LogP contribution in [0.1, 0.15) is 0 Å². The average Bonchev–Trinajstić information content (AvgIpc) is 2.51. The van der Waals surface area contributed by atoms with E-state index in [4.69, 9.17) is 0 Å². The zero-order chi connectivity index (χ0) is 12.9. The molecule has 3 rings (SSSR count). The molecule has 0 saturated heterocycles. The van der Waals surface area contributed by atoms with Crippen LogP contribution in [0, 0.1) is 0 Å². The smallest absolute Gasteiger partial charge is 0.0461 e. The molecule has 1 atom stereocenters. The molecule has 2 heteroatoms. The Morgan fingerprint density at radius 1 is 0.400 bits per heavy atom. The Balaban J connectivity index is 0.00000147. The van der Waals surface area contributed by atoms with E-state index < -0.39 is 0 Å². The second-order valence-corrected chi connectivity index (χ2v) is 4.34. The molecule has 0 aliphatic carbocycles. The first-order chi connectivity index (χ1) is 9.45. The molecule has 1 unspecified atom stereocenters. The SMILES string of the molecule is [AsH3].c1ccc(N(c2ccccc2)c2ccccc2)cc1. The maximum atomic E-state index is 2.25. The molecule has 0 bridgehead atoms. The Morgan fingerprint density at radius 3 is 0.900 bits per heavy atom. The van der Waals surface area contributed by atoms with Crippen molar-refractivity contribution >= 4 is 35.0 Å². The van der Waals surface area contributed by atoms with Crippen LogP contribution in [0.4, 0.5) is 17.1 Å². The molecule has 0 amide bonds. The molecule has 0 saturated carbocycles. The number of rotatable bonds is 3. The van der Waals surface area contributed by atoms with E-state index in [2.05, 4.69) is 77.7 Å². The summed E-state index contributed by atoms with van der Waals surface area (Å²) in [6.07, 6.45) is 0. The minimum atomic E-state index is 0. The summed E-state index contributed by atoms with van der Waals surface area (Å²) < 4.78 is 0. The fourth-order valence-corrected chi connectivity index (χ4v) is 2.18. The van der Waals surface area contributed by atoms with Gasteiger partial charge in [0.25, 0.3) is 0 Å². The summed E-state index contributed by atoms with van der Waals surface area (Å²) in [6.45, 7) is 0. The summed E-state index contributed by atoms with van der Waals surface area (Å²) in [5.74, 6) is 0. The largest absolute Gasteiger partial charge is 0.311 e. The van der Waals surface area contributed by atoms with Crippen molar-refractivity contribution in [2.24, 2.45) is 0 Å². The van der Waals surface area contributed by atoms with Gasteiger partial charge >= 0.3 is 18.0 Å². The Kier molecular flexibility index (Phi) is 5.03. The molecule has 0 spiro atoms. The van der Waals surface area contributed by atoms with Crippen molar-refractivity contribution in [2.45, 2.75) is 0 Å². The summed E-state index contributed by atoms with van der Waals surface area (Å²) >= 11 is 0. The standard InChI is InChI=1S/C18H15N.AsH3/c1-4-10-16(11-5-1)19(17-12-6-2-7-13-17)18-14-8-3-9-15-18;/h1-15H;1H3. The first kappa shape index (κ1) is 14.4. The fourth-order valence-electron chi connectivity index (χ4n) is 2.18. The van der Waals surface area contributed by atoms with E-state index in [-0.39, 0.29) is 18.0 Å². The van der Waals surface area contributed by atoms with Gasteiger partial charge in [0.1, 0.15) is 0 Å². The van der Waals surface area contributed by atoms with Crippen molar-refractivity contribution in [3.63, 3.8) is 0 Å². The third-order valence-corrected chi connectivity index (χ3v) is 3.04. The van der Waals surface area contributed by atoms with Crippen molar-refractivity contribution in [3.05, 3.63) is 91.0 Å². The molecule has 0 aromatic heterocycles. The number of hydrogen-bond donors (Lipinski definition) is 0. The van der Waals surface area contributed by atoms with Gasteiger partial charge in [0.05, 0.1) is 0 Å². The van der Waals surface area contributed by atoms with Gasteiger partial charge in [-0.1, -0.05) is 54.6 Å². The summed E-state index contributed by atoms with van der Waals surface area (Å²) in [5.41, 5.74) is 3.50. The normalized spacial score (nSPS) is 9.60. The summed E-state index contributed by atoms with van der Waals surface area (Å²) in [7, 11) is 0. The molecule has 20 heavy (non-hydrogen) atoms. The zero-order valence-electron chi connectivity index (χ0n) is 11.3. The van der Waals surface area contributed by atoms with Gasteiger partial charge < -0.3 is 4.90 Å². The second-order valence-electron chi connectivity index (χ2n) is 4.34. The van der Waals surface area contributed by atoms with Crippen LogP contribution in [0.15, 0.2) is 91.0 Å². The van der Waals surface area contributed by atoms with E-state index in [0.717, 1.165) is 0 Å². The minimum absolute atomic E-state index is 0. The number of para-hydroxylation sites is 3. The van der Waals surface area contributed by atoms with E-state index in [0.29, 0.717) is 0 Å². The van der Waals surface area contributed by atoms with Crippen LogP contribution < -0.4 is 4.90 Å². The van der Waals surface area contributed by atoms with Gasteiger partial charge in [0, 0.05) is 17.1 Å². The van der Waals surface area contributed by atoms with Gasteiger partial charge in [-0.3, -0.25) is 0 Å². The summed E-state index contributed by atoms with van der Waals surface area (Å²) in [4.78, 5) is 2.25. The summed E-state index contributed by atoms with van der Waals surface area (Å²) in [5, 5.41) is 0. The Labute approximate surface area is 131 Å². The molecule has 0 N–H and O–H groups in total. The minimum Gasteiger partial charge on any atom is -0.311 e. The fraction of sp³-hybridized carbons (Fsp3) is 0. The molecule has 1 nitrogen and oxygen atoms in total. The average molecular weight is 323 g/mol. The van der Waals surface area contributed by atoms with Gasteiger partial charge in [-0.25, -0.2) is 0 Å². The van der Waals surface area contributed by atoms with E-state index in [1.807, 2.05) is 18.2 Å². The van der Waals surface area contributed by atoms with Crippen LogP contribution in [-0.4, -0.2) is 18.0 Å². The summed E-state index contributed by atoms with van der Waals surface area (Å²) in [6, 6.07) is 31.3. The third-order valence-electron chi connectivity index (χ3n) is 3.04. The molecule has 3 aromatic carbocycles. The maximum absolute atomic E-state index is 2.25. The number of anilines is 3. The van der Waals surface area contributed by atoms with E-state index in [1.54, 1.807) is 0 Å². The van der Waals surface area contributed by atoms with Gasteiger partial charge in [-0.2, -0.15) is 0 Å². The predicted octanol–water partition coefficient (Wildman–Crippen LogP) is 3.97. The van der Waals surface area contributed by atoms with E-state index in [1.165, 1.54) is 17.1 Å². The molecule has 100 valence electrons. The Bertz CT molecular complexity index is 529. The molecule has 3 aromatic rings. The predicted molar refractivity (Wildman–Crippen MR) is 91.1 cm³/mol. The van der Waals surface area contributed by atoms with Gasteiger partial charge in [0.2, 0.25) is 0 Å². The molecular weight excluding hydrogens is 305 g/mol. The number of hydrogen-bond acceptors (Lipinski definition) is 1. The molecule has 0 aliphatic heterocycles. The van der Waals surface area contributed by atoms with Crippen molar-refractivity contribution in [1.29, 1.82) is 0 Å². The Morgan fingerprint density at radius 2 is 0.650 bits per heavy atom. The van der Waals surface area contributed by atoms with Crippen LogP contribution in [0.3, 0.4) is 0 Å².